The molecule has 0 radical (unpaired) electrons. The number of nitrogens with one attached hydrogen (secondary N) is 1. The molecule has 4 heteroatoms. The quantitative estimate of drug-likeness (QED) is 0.746. The molecule has 0 saturated heterocycles. The molecule has 0 bridgehead atoms. The number of rotatable bonds is 2. The summed E-state index contributed by atoms with van der Waals surface area (Å²) in [5, 5.41) is 2.51. The van der Waals surface area contributed by atoms with Gasteiger partial charge in [0, 0.05) is 0 Å². The second kappa shape index (κ2) is 3.38. The predicted octanol–water partition coefficient (Wildman–Crippen LogP) is 1.61. The van der Waals surface area contributed by atoms with Crippen molar-refractivity contribution >= 4 is 17.4 Å². The molecular weight excluding hydrogens is 194 g/mol. The summed E-state index contributed by atoms with van der Waals surface area (Å²) in [7, 11) is 0. The van der Waals surface area contributed by atoms with E-state index in [1.54, 1.807) is 18.2 Å². The molecule has 1 aliphatic heterocycles. The highest BCUT2D eigenvalue weighted by atomic mass is 16.5. The number of ether oxygens (including phenoxy) is 1. The molecule has 1 N–H and O–H groups in total. The molecule has 1 heterocycles. The van der Waals surface area contributed by atoms with Gasteiger partial charge >= 0.3 is 0 Å². The number of Topliss-reactive ketones (excluding diaryl/α,β-unsaturated/α-hetero) is 1. The lowest BCUT2D eigenvalue weighted by Gasteiger charge is -2.12. The minimum Gasteiger partial charge on any atom is -0.489 e. The van der Waals surface area contributed by atoms with Gasteiger partial charge in [-0.05, 0) is 26.0 Å². The van der Waals surface area contributed by atoms with Crippen molar-refractivity contribution in [1.82, 2.24) is 0 Å². The lowest BCUT2D eigenvalue weighted by molar-refractivity contribution is -0.112. The molecule has 15 heavy (non-hydrogen) atoms. The van der Waals surface area contributed by atoms with Crippen LogP contribution in [0.4, 0.5) is 5.69 Å². The topological polar surface area (TPSA) is 55.4 Å². The van der Waals surface area contributed by atoms with Crippen LogP contribution in [-0.2, 0) is 4.79 Å². The minimum absolute atomic E-state index is 0.00380. The van der Waals surface area contributed by atoms with E-state index in [9.17, 15) is 9.59 Å². The summed E-state index contributed by atoms with van der Waals surface area (Å²) in [5.41, 5.74) is 0.874. The molecule has 4 nitrogen and oxygen atoms in total. The molecule has 0 unspecified atom stereocenters. The summed E-state index contributed by atoms with van der Waals surface area (Å²) in [6, 6.07) is 5.05. The summed E-state index contributed by atoms with van der Waals surface area (Å²) in [5.74, 6) is -0.550. The number of ketones is 1. The van der Waals surface area contributed by atoms with Crippen molar-refractivity contribution in [3.05, 3.63) is 23.8 Å². The summed E-state index contributed by atoms with van der Waals surface area (Å²) in [6.07, 6.45) is 0.00380. The van der Waals surface area contributed by atoms with Crippen molar-refractivity contribution in [3.8, 4) is 5.75 Å². The molecule has 78 valence electrons. The minimum atomic E-state index is -0.593. The third-order valence-corrected chi connectivity index (χ3v) is 2.08. The van der Waals surface area contributed by atoms with Crippen LogP contribution in [0.15, 0.2) is 18.2 Å². The highest BCUT2D eigenvalue weighted by molar-refractivity contribution is 6.52. The van der Waals surface area contributed by atoms with Crippen LogP contribution in [0, 0.1) is 0 Å². The van der Waals surface area contributed by atoms with Gasteiger partial charge in [0.1, 0.15) is 5.75 Å². The molecule has 0 atom stereocenters. The Kier molecular flexibility index (Phi) is 2.19. The molecule has 0 saturated carbocycles. The Balaban J connectivity index is 2.45. The number of amides is 1. The Hall–Kier alpha value is -1.84. The van der Waals surface area contributed by atoms with Gasteiger partial charge in [0.05, 0.1) is 17.4 Å². The zero-order valence-corrected chi connectivity index (χ0v) is 8.53. The Bertz CT molecular complexity index is 437. The second-order valence-electron chi connectivity index (χ2n) is 3.63. The van der Waals surface area contributed by atoms with E-state index in [4.69, 9.17) is 4.74 Å². The Morgan fingerprint density at radius 1 is 1.27 bits per heavy atom. The summed E-state index contributed by atoms with van der Waals surface area (Å²) >= 11 is 0. The van der Waals surface area contributed by atoms with Crippen LogP contribution in [-0.4, -0.2) is 17.8 Å². The number of carbonyl (C=O) groups excluding carboxylic acids is 2. The molecule has 1 amide bonds. The highest BCUT2D eigenvalue weighted by Crippen LogP contribution is 2.33. The number of carbonyl (C=O) groups is 2. The largest absolute Gasteiger partial charge is 0.489 e. The Labute approximate surface area is 87.2 Å². The van der Waals surface area contributed by atoms with Gasteiger partial charge in [-0.15, -0.1) is 0 Å². The van der Waals surface area contributed by atoms with Crippen molar-refractivity contribution in [2.75, 3.05) is 5.32 Å². The number of anilines is 1. The van der Waals surface area contributed by atoms with E-state index in [-0.39, 0.29) is 6.10 Å². The van der Waals surface area contributed by atoms with Gasteiger partial charge in [0.25, 0.3) is 11.7 Å². The maximum atomic E-state index is 11.4. The lowest BCUT2D eigenvalue weighted by Crippen LogP contribution is -2.12. The number of benzene rings is 1. The van der Waals surface area contributed by atoms with Crippen LogP contribution in [0.2, 0.25) is 0 Å². The van der Waals surface area contributed by atoms with Crippen LogP contribution < -0.4 is 10.1 Å². The molecule has 1 aromatic rings. The Morgan fingerprint density at radius 3 is 2.67 bits per heavy atom. The fraction of sp³-hybridized carbons (Fsp3) is 0.273. The third kappa shape index (κ3) is 1.58. The van der Waals surface area contributed by atoms with Gasteiger partial charge in [-0.2, -0.15) is 0 Å². The molecule has 0 fully saturated rings. The molecule has 0 aromatic heterocycles. The summed E-state index contributed by atoms with van der Waals surface area (Å²) in [4.78, 5) is 22.5. The first-order chi connectivity index (χ1) is 7.09. The van der Waals surface area contributed by atoms with Crippen molar-refractivity contribution in [3.63, 3.8) is 0 Å². The fourth-order valence-electron chi connectivity index (χ4n) is 1.49. The second-order valence-corrected chi connectivity index (χ2v) is 3.63. The normalized spacial score (nSPS) is 14.1. The first kappa shape index (κ1) is 9.71. The van der Waals surface area contributed by atoms with Gasteiger partial charge in [0.2, 0.25) is 0 Å². The first-order valence-electron chi connectivity index (χ1n) is 4.75. The number of fused-ring (bicyclic) bond motifs is 1. The smallest absolute Gasteiger partial charge is 0.296 e. The molecular formula is C11H11NO3. The van der Waals surface area contributed by atoms with Gasteiger partial charge in [0.15, 0.2) is 0 Å². The van der Waals surface area contributed by atoms with Gasteiger partial charge in [-0.25, -0.2) is 0 Å². The SMILES string of the molecule is CC(C)Oc1cccc2c1NC(=O)C2=O. The predicted molar refractivity (Wildman–Crippen MR) is 55.2 cm³/mol. The molecule has 0 spiro atoms. The molecule has 0 aliphatic carbocycles. The van der Waals surface area contributed by atoms with E-state index in [2.05, 4.69) is 5.32 Å². The summed E-state index contributed by atoms with van der Waals surface area (Å²) in [6.45, 7) is 3.77. The zero-order valence-electron chi connectivity index (χ0n) is 8.53. The van der Waals surface area contributed by atoms with Crippen molar-refractivity contribution < 1.29 is 14.3 Å². The van der Waals surface area contributed by atoms with Crippen LogP contribution >= 0.6 is 0 Å². The van der Waals surface area contributed by atoms with E-state index in [0.29, 0.717) is 17.0 Å². The fourth-order valence-corrected chi connectivity index (χ4v) is 1.49. The molecule has 2 rings (SSSR count). The Morgan fingerprint density at radius 2 is 2.00 bits per heavy atom. The van der Waals surface area contributed by atoms with Crippen LogP contribution in [0.3, 0.4) is 0 Å². The van der Waals surface area contributed by atoms with Crippen molar-refractivity contribution in [2.45, 2.75) is 20.0 Å². The molecule has 1 aliphatic rings. The van der Waals surface area contributed by atoms with E-state index in [1.165, 1.54) is 0 Å². The van der Waals surface area contributed by atoms with E-state index >= 15 is 0 Å². The molecule has 1 aromatic carbocycles. The van der Waals surface area contributed by atoms with Crippen LogP contribution in [0.25, 0.3) is 0 Å². The average molecular weight is 205 g/mol. The number of para-hydroxylation sites is 1. The monoisotopic (exact) mass is 205 g/mol. The van der Waals surface area contributed by atoms with Gasteiger partial charge in [-0.1, -0.05) is 6.07 Å². The van der Waals surface area contributed by atoms with Crippen molar-refractivity contribution in [1.29, 1.82) is 0 Å². The van der Waals surface area contributed by atoms with Crippen LogP contribution in [0.5, 0.6) is 5.75 Å². The zero-order chi connectivity index (χ0) is 11.0. The number of hydrogen-bond acceptors (Lipinski definition) is 3. The van der Waals surface area contributed by atoms with E-state index < -0.39 is 11.7 Å². The maximum Gasteiger partial charge on any atom is 0.296 e. The van der Waals surface area contributed by atoms with E-state index in [0.717, 1.165) is 0 Å². The maximum absolute atomic E-state index is 11.4. The van der Waals surface area contributed by atoms with Gasteiger partial charge < -0.3 is 10.1 Å². The number of hydrogen-bond donors (Lipinski definition) is 1. The van der Waals surface area contributed by atoms with E-state index in [1.807, 2.05) is 13.8 Å². The first-order valence-corrected chi connectivity index (χ1v) is 4.75. The highest BCUT2D eigenvalue weighted by Gasteiger charge is 2.30. The van der Waals surface area contributed by atoms with Gasteiger partial charge in [-0.3, -0.25) is 9.59 Å². The summed E-state index contributed by atoms with van der Waals surface area (Å²) < 4.78 is 5.49. The lowest BCUT2D eigenvalue weighted by atomic mass is 10.1. The third-order valence-electron chi connectivity index (χ3n) is 2.08. The average Bonchev–Trinajstić information content (AvgIpc) is 2.45. The van der Waals surface area contributed by atoms with Crippen LogP contribution in [0.1, 0.15) is 24.2 Å². The van der Waals surface area contributed by atoms with Crippen molar-refractivity contribution in [2.24, 2.45) is 0 Å². The standard InChI is InChI=1S/C11H11NO3/c1-6(2)15-8-5-3-4-7-9(8)12-11(14)10(7)13/h3-6H,1-2H3,(H,12,13,14).